The van der Waals surface area contributed by atoms with Crippen molar-refractivity contribution in [3.63, 3.8) is 0 Å². The van der Waals surface area contributed by atoms with Crippen LogP contribution in [0.1, 0.15) is 0 Å². The van der Waals surface area contributed by atoms with Crippen LogP contribution in [-0.4, -0.2) is 58.7 Å². The summed E-state index contributed by atoms with van der Waals surface area (Å²) in [5.41, 5.74) is 0. The summed E-state index contributed by atoms with van der Waals surface area (Å²) in [5, 5.41) is 9.80. The van der Waals surface area contributed by atoms with Crippen LogP contribution in [0.2, 0.25) is 0 Å². The maximum atomic E-state index is 8.79. The van der Waals surface area contributed by atoms with Crippen molar-refractivity contribution >= 4 is 16.7 Å². The molecule has 0 spiro atoms. The van der Waals surface area contributed by atoms with E-state index in [2.05, 4.69) is 19.2 Å². The normalized spacial score (nSPS) is 18.8. The molecule has 0 unspecified atom stereocenters. The van der Waals surface area contributed by atoms with Crippen molar-refractivity contribution in [1.29, 1.82) is 0 Å². The molecule has 6 heteroatoms. The summed E-state index contributed by atoms with van der Waals surface area (Å²) in [4.78, 5) is 8.68. The highest BCUT2D eigenvalue weighted by molar-refractivity contribution is 7.09. The van der Waals surface area contributed by atoms with Gasteiger partial charge in [-0.05, 0) is 0 Å². The Morgan fingerprint density at radius 2 is 2.14 bits per heavy atom. The van der Waals surface area contributed by atoms with Crippen LogP contribution in [0.15, 0.2) is 6.33 Å². The van der Waals surface area contributed by atoms with E-state index in [1.807, 2.05) is 0 Å². The summed E-state index contributed by atoms with van der Waals surface area (Å²) < 4.78 is 3.99. The van der Waals surface area contributed by atoms with Gasteiger partial charge in [0.05, 0.1) is 6.61 Å². The van der Waals surface area contributed by atoms with E-state index in [-0.39, 0.29) is 6.61 Å². The van der Waals surface area contributed by atoms with Gasteiger partial charge in [0.1, 0.15) is 6.33 Å². The second kappa shape index (κ2) is 4.68. The number of β-amino-alcohol motifs (C(OH)–C–C–N with tert-alkyl or cyclic N) is 1. The van der Waals surface area contributed by atoms with Crippen molar-refractivity contribution in [2.24, 2.45) is 0 Å². The van der Waals surface area contributed by atoms with E-state index in [4.69, 9.17) is 5.11 Å². The summed E-state index contributed by atoms with van der Waals surface area (Å²) in [7, 11) is 0. The highest BCUT2D eigenvalue weighted by Crippen LogP contribution is 2.16. The largest absolute Gasteiger partial charge is 0.395 e. The zero-order chi connectivity index (χ0) is 9.80. The summed E-state index contributed by atoms with van der Waals surface area (Å²) in [6, 6.07) is 0. The van der Waals surface area contributed by atoms with Gasteiger partial charge in [-0.2, -0.15) is 4.37 Å². The number of nitrogens with zero attached hydrogens (tertiary/aromatic N) is 4. The quantitative estimate of drug-likeness (QED) is 0.745. The first-order chi connectivity index (χ1) is 6.90. The van der Waals surface area contributed by atoms with Crippen LogP contribution in [-0.2, 0) is 0 Å². The van der Waals surface area contributed by atoms with Crippen LogP contribution in [0.4, 0.5) is 5.13 Å². The third-order valence-corrected chi connectivity index (χ3v) is 3.14. The van der Waals surface area contributed by atoms with E-state index in [1.165, 1.54) is 11.5 Å². The van der Waals surface area contributed by atoms with Gasteiger partial charge in [0.25, 0.3) is 0 Å². The third kappa shape index (κ3) is 2.20. The maximum Gasteiger partial charge on any atom is 0.205 e. The number of aliphatic hydroxyl groups excluding tert-OH is 1. The smallest absolute Gasteiger partial charge is 0.205 e. The second-order valence-corrected chi connectivity index (χ2v) is 4.03. The molecule has 2 heterocycles. The lowest BCUT2D eigenvalue weighted by molar-refractivity contribution is 0.189. The lowest BCUT2D eigenvalue weighted by Crippen LogP contribution is -2.47. The monoisotopic (exact) mass is 214 g/mol. The van der Waals surface area contributed by atoms with Gasteiger partial charge in [-0.25, -0.2) is 4.98 Å². The Kier molecular flexibility index (Phi) is 3.28. The molecule has 1 aromatic heterocycles. The van der Waals surface area contributed by atoms with Gasteiger partial charge < -0.3 is 10.0 Å². The number of aromatic nitrogens is 2. The van der Waals surface area contributed by atoms with Gasteiger partial charge in [0, 0.05) is 44.3 Å². The van der Waals surface area contributed by atoms with Gasteiger partial charge in [-0.1, -0.05) is 0 Å². The SMILES string of the molecule is OCCN1CCN(c2ncns2)CC1. The maximum absolute atomic E-state index is 8.79. The van der Waals surface area contributed by atoms with Gasteiger partial charge in [0.2, 0.25) is 5.13 Å². The molecule has 0 radical (unpaired) electrons. The van der Waals surface area contributed by atoms with E-state index in [0.29, 0.717) is 0 Å². The summed E-state index contributed by atoms with van der Waals surface area (Å²) in [6.45, 7) is 4.99. The van der Waals surface area contributed by atoms with Gasteiger partial charge in [-0.15, -0.1) is 0 Å². The molecule has 78 valence electrons. The van der Waals surface area contributed by atoms with Crippen LogP contribution in [0.3, 0.4) is 0 Å². The molecule has 5 nitrogen and oxygen atoms in total. The minimum absolute atomic E-state index is 0.249. The Morgan fingerprint density at radius 3 is 2.71 bits per heavy atom. The first-order valence-corrected chi connectivity index (χ1v) is 5.52. The fraction of sp³-hybridized carbons (Fsp3) is 0.750. The lowest BCUT2D eigenvalue weighted by Gasteiger charge is -2.33. The molecule has 14 heavy (non-hydrogen) atoms. The fourth-order valence-electron chi connectivity index (χ4n) is 1.61. The Bertz CT molecular complexity index is 258. The highest BCUT2D eigenvalue weighted by Gasteiger charge is 2.17. The molecule has 1 aromatic rings. The second-order valence-electron chi connectivity index (χ2n) is 3.28. The zero-order valence-electron chi connectivity index (χ0n) is 7.96. The molecule has 0 saturated carbocycles. The van der Waals surface area contributed by atoms with Crippen molar-refractivity contribution in [2.45, 2.75) is 0 Å². The van der Waals surface area contributed by atoms with Crippen molar-refractivity contribution in [3.05, 3.63) is 6.33 Å². The average molecular weight is 214 g/mol. The first-order valence-electron chi connectivity index (χ1n) is 4.75. The Balaban J connectivity index is 1.84. The van der Waals surface area contributed by atoms with E-state index in [9.17, 15) is 0 Å². The van der Waals surface area contributed by atoms with Crippen molar-refractivity contribution in [3.8, 4) is 0 Å². The molecule has 2 rings (SSSR count). The average Bonchev–Trinajstić information content (AvgIpc) is 2.72. The van der Waals surface area contributed by atoms with Crippen LogP contribution >= 0.6 is 11.5 Å². The molecular formula is C8H14N4OS. The molecule has 0 atom stereocenters. The van der Waals surface area contributed by atoms with Crippen LogP contribution in [0, 0.1) is 0 Å². The number of hydrogen-bond donors (Lipinski definition) is 1. The van der Waals surface area contributed by atoms with E-state index < -0.39 is 0 Å². The molecule has 0 amide bonds. The number of rotatable bonds is 3. The van der Waals surface area contributed by atoms with Gasteiger partial charge in [0.15, 0.2) is 0 Å². The van der Waals surface area contributed by atoms with Crippen LogP contribution < -0.4 is 4.90 Å². The van der Waals surface area contributed by atoms with Crippen LogP contribution in [0.5, 0.6) is 0 Å². The summed E-state index contributed by atoms with van der Waals surface area (Å²) >= 11 is 1.44. The molecule has 0 aliphatic carbocycles. The van der Waals surface area contributed by atoms with E-state index in [1.54, 1.807) is 6.33 Å². The summed E-state index contributed by atoms with van der Waals surface area (Å²) in [5.74, 6) is 0. The van der Waals surface area contributed by atoms with Crippen LogP contribution in [0.25, 0.3) is 0 Å². The molecule has 0 aromatic carbocycles. The number of piperazine rings is 1. The highest BCUT2D eigenvalue weighted by atomic mass is 32.1. The minimum atomic E-state index is 0.249. The van der Waals surface area contributed by atoms with E-state index in [0.717, 1.165) is 37.9 Å². The zero-order valence-corrected chi connectivity index (χ0v) is 8.78. The molecule has 1 aliphatic heterocycles. The molecule has 0 bridgehead atoms. The Hall–Kier alpha value is -0.720. The van der Waals surface area contributed by atoms with Crippen molar-refractivity contribution in [1.82, 2.24) is 14.3 Å². The lowest BCUT2D eigenvalue weighted by atomic mass is 10.3. The van der Waals surface area contributed by atoms with Gasteiger partial charge in [-0.3, -0.25) is 4.90 Å². The topological polar surface area (TPSA) is 52.5 Å². The third-order valence-electron chi connectivity index (χ3n) is 2.41. The number of aliphatic hydroxyl groups is 1. The predicted octanol–water partition coefficient (Wildman–Crippen LogP) is -0.348. The standard InChI is InChI=1S/C8H14N4OS/c13-6-5-11-1-3-12(4-2-11)8-9-7-10-14-8/h7,13H,1-6H2. The number of hydrogen-bond acceptors (Lipinski definition) is 6. The molecule has 1 saturated heterocycles. The van der Waals surface area contributed by atoms with Crippen molar-refractivity contribution in [2.75, 3.05) is 44.2 Å². The van der Waals surface area contributed by atoms with Gasteiger partial charge >= 0.3 is 0 Å². The molecule has 1 fully saturated rings. The van der Waals surface area contributed by atoms with Crippen molar-refractivity contribution < 1.29 is 5.11 Å². The number of anilines is 1. The van der Waals surface area contributed by atoms with E-state index >= 15 is 0 Å². The summed E-state index contributed by atoms with van der Waals surface area (Å²) in [6.07, 6.45) is 1.60. The first kappa shape index (κ1) is 9.82. The fourth-order valence-corrected chi connectivity index (χ4v) is 2.19. The predicted molar refractivity (Wildman–Crippen MR) is 55.6 cm³/mol. The molecule has 1 N–H and O–H groups in total. The Morgan fingerprint density at radius 1 is 1.36 bits per heavy atom. The minimum Gasteiger partial charge on any atom is -0.395 e. The Labute approximate surface area is 87.1 Å². The molecule has 1 aliphatic rings. The molecular weight excluding hydrogens is 200 g/mol.